The van der Waals surface area contributed by atoms with Crippen LogP contribution in [0.4, 0.5) is 0 Å². The first-order chi connectivity index (χ1) is 10.2. The van der Waals surface area contributed by atoms with Gasteiger partial charge in [-0.15, -0.1) is 12.4 Å². The molecule has 1 aliphatic heterocycles. The monoisotopic (exact) mass is 326 g/mol. The van der Waals surface area contributed by atoms with E-state index in [-0.39, 0.29) is 24.2 Å². The molecule has 1 fully saturated rings. The number of para-hydroxylation sites is 1. The fourth-order valence-electron chi connectivity index (χ4n) is 2.69. The molecule has 1 heterocycles. The molecule has 0 saturated carbocycles. The highest BCUT2D eigenvalue weighted by Gasteiger charge is 2.23. The summed E-state index contributed by atoms with van der Waals surface area (Å²) in [5.74, 6) is 1.35. The van der Waals surface area contributed by atoms with Crippen molar-refractivity contribution < 1.29 is 9.53 Å². The number of hydrogen-bond donors (Lipinski definition) is 1. The number of aryl methyl sites for hydroxylation is 1. The minimum absolute atomic E-state index is 0. The number of piperidine rings is 1. The van der Waals surface area contributed by atoms with Crippen LogP contribution in [0.3, 0.4) is 0 Å². The SMILES string of the molecule is Cc1ccccc1OCCCN(C)C(=O)C1CCCNC1.Cl. The van der Waals surface area contributed by atoms with E-state index in [9.17, 15) is 4.79 Å². The molecule has 0 aromatic heterocycles. The van der Waals surface area contributed by atoms with E-state index in [0.29, 0.717) is 6.61 Å². The van der Waals surface area contributed by atoms with Crippen molar-refractivity contribution in [3.05, 3.63) is 29.8 Å². The lowest BCUT2D eigenvalue weighted by Gasteiger charge is -2.27. The number of ether oxygens (including phenoxy) is 1. The third-order valence-corrected chi connectivity index (χ3v) is 4.01. The zero-order valence-electron chi connectivity index (χ0n) is 13.5. The Labute approximate surface area is 139 Å². The standard InChI is InChI=1S/C17H26N2O2.ClH/c1-14-7-3-4-9-16(14)21-12-6-11-19(2)17(20)15-8-5-10-18-13-15;/h3-4,7,9,15,18H,5-6,8,10-13H2,1-2H3;1H. The summed E-state index contributed by atoms with van der Waals surface area (Å²) in [4.78, 5) is 14.1. The Morgan fingerprint density at radius 2 is 2.18 bits per heavy atom. The summed E-state index contributed by atoms with van der Waals surface area (Å²) in [5, 5.41) is 3.29. The van der Waals surface area contributed by atoms with Gasteiger partial charge in [-0.3, -0.25) is 4.79 Å². The first kappa shape index (κ1) is 18.8. The molecule has 124 valence electrons. The van der Waals surface area contributed by atoms with E-state index in [4.69, 9.17) is 4.74 Å². The molecular weight excluding hydrogens is 300 g/mol. The van der Waals surface area contributed by atoms with Gasteiger partial charge >= 0.3 is 0 Å². The third kappa shape index (κ3) is 5.50. The Hall–Kier alpha value is -1.26. The second-order valence-corrected chi connectivity index (χ2v) is 5.77. The Morgan fingerprint density at radius 3 is 2.86 bits per heavy atom. The normalized spacial score (nSPS) is 17.5. The molecule has 22 heavy (non-hydrogen) atoms. The number of halogens is 1. The summed E-state index contributed by atoms with van der Waals surface area (Å²) in [6, 6.07) is 8.01. The number of nitrogens with one attached hydrogen (secondary N) is 1. The van der Waals surface area contributed by atoms with Crippen molar-refractivity contribution in [2.75, 3.05) is 33.3 Å². The predicted molar refractivity (Wildman–Crippen MR) is 91.8 cm³/mol. The van der Waals surface area contributed by atoms with E-state index in [0.717, 1.165) is 50.2 Å². The van der Waals surface area contributed by atoms with Crippen LogP contribution in [0.5, 0.6) is 5.75 Å². The zero-order chi connectivity index (χ0) is 15.1. The molecular formula is C17H27ClN2O2. The maximum atomic E-state index is 12.3. The summed E-state index contributed by atoms with van der Waals surface area (Å²) in [6.07, 6.45) is 2.97. The van der Waals surface area contributed by atoms with E-state index in [1.54, 1.807) is 0 Å². The fourth-order valence-corrected chi connectivity index (χ4v) is 2.69. The van der Waals surface area contributed by atoms with E-state index in [1.807, 2.05) is 43.1 Å². The van der Waals surface area contributed by atoms with Crippen LogP contribution in [0.1, 0.15) is 24.8 Å². The van der Waals surface area contributed by atoms with Crippen molar-refractivity contribution in [1.29, 1.82) is 0 Å². The van der Waals surface area contributed by atoms with E-state index < -0.39 is 0 Å². The predicted octanol–water partition coefficient (Wildman–Crippen LogP) is 2.64. The molecule has 1 aromatic rings. The maximum Gasteiger partial charge on any atom is 0.226 e. The lowest BCUT2D eigenvalue weighted by atomic mass is 9.98. The van der Waals surface area contributed by atoms with Crippen molar-refractivity contribution in [2.24, 2.45) is 5.92 Å². The van der Waals surface area contributed by atoms with E-state index >= 15 is 0 Å². The molecule has 1 N–H and O–H groups in total. The number of carbonyl (C=O) groups is 1. The van der Waals surface area contributed by atoms with Crippen LogP contribution >= 0.6 is 12.4 Å². The van der Waals surface area contributed by atoms with Crippen LogP contribution < -0.4 is 10.1 Å². The van der Waals surface area contributed by atoms with Crippen LogP contribution in [0.2, 0.25) is 0 Å². The van der Waals surface area contributed by atoms with Crippen LogP contribution in [-0.2, 0) is 4.79 Å². The molecule has 5 heteroatoms. The van der Waals surface area contributed by atoms with Crippen molar-refractivity contribution >= 4 is 18.3 Å². The third-order valence-electron chi connectivity index (χ3n) is 4.01. The van der Waals surface area contributed by atoms with Gasteiger partial charge in [0.2, 0.25) is 5.91 Å². The number of amides is 1. The molecule has 1 atom stereocenters. The second kappa shape index (κ2) is 9.70. The maximum absolute atomic E-state index is 12.3. The van der Waals surface area contributed by atoms with Gasteiger partial charge in [0.1, 0.15) is 5.75 Å². The number of hydrogen-bond acceptors (Lipinski definition) is 3. The van der Waals surface area contributed by atoms with Crippen molar-refractivity contribution in [2.45, 2.75) is 26.2 Å². The average Bonchev–Trinajstić information content (AvgIpc) is 2.53. The van der Waals surface area contributed by atoms with Crippen molar-refractivity contribution in [3.63, 3.8) is 0 Å². The molecule has 2 rings (SSSR count). The lowest BCUT2D eigenvalue weighted by Crippen LogP contribution is -2.41. The van der Waals surface area contributed by atoms with Gasteiger partial charge in [0.15, 0.2) is 0 Å². The quantitative estimate of drug-likeness (QED) is 0.817. The molecule has 0 radical (unpaired) electrons. The smallest absolute Gasteiger partial charge is 0.226 e. The van der Waals surface area contributed by atoms with Crippen LogP contribution in [0, 0.1) is 12.8 Å². The molecule has 0 bridgehead atoms. The van der Waals surface area contributed by atoms with Crippen LogP contribution in [0.15, 0.2) is 24.3 Å². The first-order valence-corrected chi connectivity index (χ1v) is 7.82. The van der Waals surface area contributed by atoms with Gasteiger partial charge < -0.3 is 15.0 Å². The molecule has 1 saturated heterocycles. The van der Waals surface area contributed by atoms with Crippen LogP contribution in [0.25, 0.3) is 0 Å². The molecule has 0 aliphatic carbocycles. The summed E-state index contributed by atoms with van der Waals surface area (Å²) in [7, 11) is 1.89. The molecule has 0 spiro atoms. The summed E-state index contributed by atoms with van der Waals surface area (Å²) in [6.45, 7) is 5.30. The lowest BCUT2D eigenvalue weighted by molar-refractivity contribution is -0.134. The van der Waals surface area contributed by atoms with Gasteiger partial charge in [0.25, 0.3) is 0 Å². The number of carbonyl (C=O) groups excluding carboxylic acids is 1. The number of benzene rings is 1. The largest absolute Gasteiger partial charge is 0.493 e. The molecule has 1 unspecified atom stereocenters. The first-order valence-electron chi connectivity index (χ1n) is 7.82. The highest BCUT2D eigenvalue weighted by Crippen LogP contribution is 2.16. The van der Waals surface area contributed by atoms with Crippen molar-refractivity contribution in [1.82, 2.24) is 10.2 Å². The van der Waals surface area contributed by atoms with Crippen LogP contribution in [-0.4, -0.2) is 44.1 Å². The summed E-state index contributed by atoms with van der Waals surface area (Å²) >= 11 is 0. The zero-order valence-corrected chi connectivity index (χ0v) is 14.3. The van der Waals surface area contributed by atoms with E-state index in [1.165, 1.54) is 0 Å². The van der Waals surface area contributed by atoms with Gasteiger partial charge in [-0.1, -0.05) is 18.2 Å². The summed E-state index contributed by atoms with van der Waals surface area (Å²) < 4.78 is 5.76. The topological polar surface area (TPSA) is 41.6 Å². The van der Waals surface area contributed by atoms with Gasteiger partial charge in [0.05, 0.1) is 12.5 Å². The highest BCUT2D eigenvalue weighted by atomic mass is 35.5. The molecule has 1 aromatic carbocycles. The molecule has 1 aliphatic rings. The van der Waals surface area contributed by atoms with Crippen molar-refractivity contribution in [3.8, 4) is 5.75 Å². The minimum Gasteiger partial charge on any atom is -0.493 e. The second-order valence-electron chi connectivity index (χ2n) is 5.77. The van der Waals surface area contributed by atoms with Gasteiger partial charge in [-0.25, -0.2) is 0 Å². The summed E-state index contributed by atoms with van der Waals surface area (Å²) in [5.41, 5.74) is 1.15. The average molecular weight is 327 g/mol. The molecule has 4 nitrogen and oxygen atoms in total. The van der Waals surface area contributed by atoms with Gasteiger partial charge in [-0.2, -0.15) is 0 Å². The Balaban J connectivity index is 0.00000242. The Morgan fingerprint density at radius 1 is 1.41 bits per heavy atom. The fraction of sp³-hybridized carbons (Fsp3) is 0.588. The number of nitrogens with zero attached hydrogens (tertiary/aromatic N) is 1. The Bertz CT molecular complexity index is 462. The van der Waals surface area contributed by atoms with Gasteiger partial charge in [-0.05, 0) is 44.4 Å². The minimum atomic E-state index is 0. The highest BCUT2D eigenvalue weighted by molar-refractivity contribution is 5.85. The Kier molecular flexibility index (Phi) is 8.28. The molecule has 1 amide bonds. The van der Waals surface area contributed by atoms with Gasteiger partial charge in [0, 0.05) is 20.1 Å². The number of rotatable bonds is 6. The van der Waals surface area contributed by atoms with E-state index in [2.05, 4.69) is 5.32 Å².